The molecule has 0 aliphatic carbocycles. The van der Waals surface area contributed by atoms with Gasteiger partial charge in [0.1, 0.15) is 6.26 Å². The van der Waals surface area contributed by atoms with Crippen LogP contribution in [0.25, 0.3) is 0 Å². The molecule has 1 aromatic heterocycles. The maximum absolute atomic E-state index is 12.3. The van der Waals surface area contributed by atoms with Crippen LogP contribution in [0.1, 0.15) is 21.5 Å². The summed E-state index contributed by atoms with van der Waals surface area (Å²) >= 11 is 0. The summed E-state index contributed by atoms with van der Waals surface area (Å²) in [6, 6.07) is 9.11. The van der Waals surface area contributed by atoms with E-state index in [2.05, 4.69) is 4.72 Å². The van der Waals surface area contributed by atoms with Gasteiger partial charge < -0.3 is 4.42 Å². The second-order valence-corrected chi connectivity index (χ2v) is 6.47. The van der Waals surface area contributed by atoms with Gasteiger partial charge in [-0.3, -0.25) is 4.79 Å². The number of hydrogen-bond acceptors (Lipinski definition) is 4. The highest BCUT2D eigenvalue weighted by Gasteiger charge is 2.28. The predicted molar refractivity (Wildman–Crippen MR) is 75.7 cm³/mol. The monoisotopic (exact) mass is 306 g/mol. The van der Waals surface area contributed by atoms with Crippen LogP contribution in [0.2, 0.25) is 0 Å². The summed E-state index contributed by atoms with van der Waals surface area (Å²) in [6.45, 7) is 0.620. The minimum absolute atomic E-state index is 0.177. The molecular weight excluding hydrogens is 292 g/mol. The minimum atomic E-state index is -3.86. The van der Waals surface area contributed by atoms with Gasteiger partial charge in [-0.25, -0.2) is 4.72 Å². The van der Waals surface area contributed by atoms with E-state index in [9.17, 15) is 13.2 Å². The molecule has 0 saturated carbocycles. The van der Waals surface area contributed by atoms with Crippen molar-refractivity contribution in [3.05, 3.63) is 59.5 Å². The van der Waals surface area contributed by atoms with E-state index in [-0.39, 0.29) is 12.1 Å². The van der Waals surface area contributed by atoms with Crippen LogP contribution in [0.3, 0.4) is 0 Å². The summed E-state index contributed by atoms with van der Waals surface area (Å²) in [5, 5.41) is 0. The molecule has 3 rings (SSSR count). The number of amides is 1. The van der Waals surface area contributed by atoms with Crippen LogP contribution in [0.4, 0.5) is 0 Å². The van der Waals surface area contributed by atoms with Gasteiger partial charge in [0.25, 0.3) is 5.91 Å². The van der Waals surface area contributed by atoms with Gasteiger partial charge in [-0.1, -0.05) is 24.3 Å². The van der Waals surface area contributed by atoms with Gasteiger partial charge in [0, 0.05) is 13.1 Å². The highest BCUT2D eigenvalue weighted by Crippen LogP contribution is 2.20. The SMILES string of the molecule is O=C(NS(=O)(=O)N1CCc2ccccc2C1)c1ccoc1. The number of fused-ring (bicyclic) bond motifs is 1. The summed E-state index contributed by atoms with van der Waals surface area (Å²) in [5.74, 6) is -0.692. The van der Waals surface area contributed by atoms with Crippen LogP contribution < -0.4 is 4.72 Å². The number of carbonyl (C=O) groups excluding carboxylic acids is 1. The second kappa shape index (κ2) is 5.34. The molecule has 2 heterocycles. The third-order valence-electron chi connectivity index (χ3n) is 3.44. The Morgan fingerprint density at radius 2 is 1.95 bits per heavy atom. The van der Waals surface area contributed by atoms with Crippen molar-refractivity contribution in [1.82, 2.24) is 9.03 Å². The lowest BCUT2D eigenvalue weighted by Crippen LogP contribution is -2.45. The summed E-state index contributed by atoms with van der Waals surface area (Å²) in [6.07, 6.45) is 3.16. The fourth-order valence-corrected chi connectivity index (χ4v) is 3.43. The number of rotatable bonds is 3. The smallest absolute Gasteiger partial charge is 0.304 e. The van der Waals surface area contributed by atoms with Crippen LogP contribution in [0, 0.1) is 0 Å². The molecule has 110 valence electrons. The lowest BCUT2D eigenvalue weighted by Gasteiger charge is -2.27. The molecule has 0 radical (unpaired) electrons. The van der Waals surface area contributed by atoms with Gasteiger partial charge in [0.2, 0.25) is 0 Å². The van der Waals surface area contributed by atoms with Crippen molar-refractivity contribution in [2.24, 2.45) is 0 Å². The Hall–Kier alpha value is -2.12. The van der Waals surface area contributed by atoms with Crippen LogP contribution in [-0.4, -0.2) is 25.2 Å². The molecule has 2 aromatic rings. The van der Waals surface area contributed by atoms with E-state index in [0.717, 1.165) is 11.1 Å². The number of carbonyl (C=O) groups is 1. The van der Waals surface area contributed by atoms with Gasteiger partial charge in [-0.05, 0) is 23.6 Å². The van der Waals surface area contributed by atoms with E-state index in [1.807, 2.05) is 24.3 Å². The van der Waals surface area contributed by atoms with Gasteiger partial charge in [0.15, 0.2) is 0 Å². The molecule has 6 nitrogen and oxygen atoms in total. The molecule has 0 atom stereocenters. The number of hydrogen-bond donors (Lipinski definition) is 1. The van der Waals surface area contributed by atoms with Crippen molar-refractivity contribution < 1.29 is 17.6 Å². The maximum Gasteiger partial charge on any atom is 0.304 e. The van der Waals surface area contributed by atoms with Gasteiger partial charge in [0.05, 0.1) is 11.8 Å². The Bertz CT molecular complexity index is 753. The topological polar surface area (TPSA) is 79.6 Å². The fraction of sp³-hybridized carbons (Fsp3) is 0.214. The van der Waals surface area contributed by atoms with E-state index in [0.29, 0.717) is 13.0 Å². The molecule has 0 fully saturated rings. The quantitative estimate of drug-likeness (QED) is 0.927. The van der Waals surface area contributed by atoms with Crippen molar-refractivity contribution in [3.63, 3.8) is 0 Å². The average molecular weight is 306 g/mol. The van der Waals surface area contributed by atoms with Crippen LogP contribution in [0.15, 0.2) is 47.3 Å². The number of nitrogens with one attached hydrogen (secondary N) is 1. The highest BCUT2D eigenvalue weighted by atomic mass is 32.2. The summed E-state index contributed by atoms with van der Waals surface area (Å²) in [4.78, 5) is 11.8. The predicted octanol–water partition coefficient (Wildman–Crippen LogP) is 1.31. The molecular formula is C14H14N2O4S. The van der Waals surface area contributed by atoms with Crippen molar-refractivity contribution >= 4 is 16.1 Å². The molecule has 1 aliphatic heterocycles. The molecule has 0 bridgehead atoms. The second-order valence-electron chi connectivity index (χ2n) is 4.80. The zero-order chi connectivity index (χ0) is 14.9. The Labute approximate surface area is 122 Å². The van der Waals surface area contributed by atoms with E-state index in [4.69, 9.17) is 4.42 Å². The molecule has 0 saturated heterocycles. The number of benzene rings is 1. The molecule has 21 heavy (non-hydrogen) atoms. The largest absolute Gasteiger partial charge is 0.472 e. The normalized spacial score (nSPS) is 15.4. The first kappa shape index (κ1) is 13.8. The first-order valence-electron chi connectivity index (χ1n) is 6.47. The fourth-order valence-electron chi connectivity index (χ4n) is 2.31. The molecule has 1 aromatic carbocycles. The van der Waals surface area contributed by atoms with Crippen molar-refractivity contribution in [2.45, 2.75) is 13.0 Å². The molecule has 1 amide bonds. The summed E-state index contributed by atoms with van der Waals surface area (Å²) in [7, 11) is -3.86. The summed E-state index contributed by atoms with van der Waals surface area (Å²) < 4.78 is 32.6. The molecule has 7 heteroatoms. The Morgan fingerprint density at radius 3 is 2.67 bits per heavy atom. The van der Waals surface area contributed by atoms with Gasteiger partial charge >= 0.3 is 10.2 Å². The highest BCUT2D eigenvalue weighted by molar-refractivity contribution is 7.87. The standard InChI is InChI=1S/C14H14N2O4S/c17-14(13-6-8-20-10-13)15-21(18,19)16-7-5-11-3-1-2-4-12(11)9-16/h1-4,6,8,10H,5,7,9H2,(H,15,17). The van der Waals surface area contributed by atoms with E-state index in [1.54, 1.807) is 0 Å². The van der Waals surface area contributed by atoms with Crippen molar-refractivity contribution in [1.29, 1.82) is 0 Å². The molecule has 1 aliphatic rings. The lowest BCUT2D eigenvalue weighted by atomic mass is 10.0. The Kier molecular flexibility index (Phi) is 3.52. The Balaban J connectivity index is 1.76. The Morgan fingerprint density at radius 1 is 1.19 bits per heavy atom. The number of nitrogens with zero attached hydrogens (tertiary/aromatic N) is 1. The zero-order valence-electron chi connectivity index (χ0n) is 11.2. The zero-order valence-corrected chi connectivity index (χ0v) is 12.0. The third kappa shape index (κ3) is 2.84. The van der Waals surface area contributed by atoms with Crippen molar-refractivity contribution in [2.75, 3.05) is 6.54 Å². The average Bonchev–Trinajstić information content (AvgIpc) is 3.00. The van der Waals surface area contributed by atoms with Gasteiger partial charge in [-0.15, -0.1) is 0 Å². The third-order valence-corrected chi connectivity index (χ3v) is 4.88. The van der Waals surface area contributed by atoms with Crippen LogP contribution in [0.5, 0.6) is 0 Å². The summed E-state index contributed by atoms with van der Waals surface area (Å²) in [5.41, 5.74) is 2.28. The van der Waals surface area contributed by atoms with Crippen molar-refractivity contribution in [3.8, 4) is 0 Å². The molecule has 0 unspecified atom stereocenters. The minimum Gasteiger partial charge on any atom is -0.472 e. The van der Waals surface area contributed by atoms with E-state index < -0.39 is 16.1 Å². The van der Waals surface area contributed by atoms with E-state index >= 15 is 0 Å². The van der Waals surface area contributed by atoms with Gasteiger partial charge in [-0.2, -0.15) is 12.7 Å². The van der Waals surface area contributed by atoms with Crippen LogP contribution in [-0.2, 0) is 23.2 Å². The molecule has 1 N–H and O–H groups in total. The maximum atomic E-state index is 12.3. The first-order valence-corrected chi connectivity index (χ1v) is 7.91. The lowest BCUT2D eigenvalue weighted by molar-refractivity contribution is 0.0978. The number of furan rings is 1. The first-order chi connectivity index (χ1) is 10.1. The van der Waals surface area contributed by atoms with E-state index in [1.165, 1.54) is 22.9 Å². The molecule has 0 spiro atoms. The van der Waals surface area contributed by atoms with Crippen LogP contribution >= 0.6 is 0 Å².